The third-order valence-corrected chi connectivity index (χ3v) is 2.84. The summed E-state index contributed by atoms with van der Waals surface area (Å²) in [5.41, 5.74) is 0. The zero-order chi connectivity index (χ0) is 12.1. The zero-order valence-electron chi connectivity index (χ0n) is 9.06. The Morgan fingerprint density at radius 3 is 2.06 bits per heavy atom. The van der Waals surface area contributed by atoms with E-state index in [0.717, 1.165) is 12.8 Å². The number of carbonyl (C=O) groups is 2. The number of nitrogens with one attached hydrogen (secondary N) is 1. The second-order valence-corrected chi connectivity index (χ2v) is 3.87. The van der Waals surface area contributed by atoms with E-state index in [9.17, 15) is 9.59 Å². The largest absolute Gasteiger partial charge is 0.294 e. The summed E-state index contributed by atoms with van der Waals surface area (Å²) < 4.78 is 0. The van der Waals surface area contributed by atoms with Gasteiger partial charge in [0.15, 0.2) is 0 Å². The fraction of sp³-hybridized carbons (Fsp3) is 0.636. The molecule has 0 aromatic heterocycles. The fourth-order valence-electron chi connectivity index (χ4n) is 1.94. The standard InChI is InChI=1S/C11H13N3O2/c1-2-3-4-7-8(5-12)10(15)14-11(16)9(7)6-13/h7-9H,2-4H2,1H3,(H,14,15,16)/t8-,9-/m0/s1. The van der Waals surface area contributed by atoms with Gasteiger partial charge >= 0.3 is 0 Å². The van der Waals surface area contributed by atoms with Crippen molar-refractivity contribution in [2.24, 2.45) is 17.8 Å². The van der Waals surface area contributed by atoms with Gasteiger partial charge in [0.1, 0.15) is 11.8 Å². The molecule has 0 unspecified atom stereocenters. The Bertz CT molecular complexity index is 346. The van der Waals surface area contributed by atoms with E-state index in [1.807, 2.05) is 19.1 Å². The number of hydrogen-bond donors (Lipinski definition) is 1. The molecular formula is C11H13N3O2. The van der Waals surface area contributed by atoms with Gasteiger partial charge in [0.2, 0.25) is 11.8 Å². The summed E-state index contributed by atoms with van der Waals surface area (Å²) in [6, 6.07) is 3.76. The first kappa shape index (κ1) is 12.2. The fourth-order valence-corrected chi connectivity index (χ4v) is 1.94. The van der Waals surface area contributed by atoms with Crippen LogP contribution >= 0.6 is 0 Å². The minimum atomic E-state index is -0.881. The van der Waals surface area contributed by atoms with E-state index in [1.54, 1.807) is 0 Å². The molecule has 1 aliphatic heterocycles. The van der Waals surface area contributed by atoms with Gasteiger partial charge in [-0.3, -0.25) is 14.9 Å². The van der Waals surface area contributed by atoms with Crippen LogP contribution in [0.5, 0.6) is 0 Å². The van der Waals surface area contributed by atoms with Gasteiger partial charge < -0.3 is 0 Å². The molecule has 0 bridgehead atoms. The highest BCUT2D eigenvalue weighted by molar-refractivity contribution is 6.02. The number of amides is 2. The second kappa shape index (κ2) is 5.27. The molecule has 0 aromatic carbocycles. The highest BCUT2D eigenvalue weighted by Gasteiger charge is 2.43. The zero-order valence-corrected chi connectivity index (χ0v) is 9.06. The van der Waals surface area contributed by atoms with Crippen LogP contribution in [0.25, 0.3) is 0 Å². The molecule has 1 N–H and O–H groups in total. The lowest BCUT2D eigenvalue weighted by atomic mass is 9.76. The van der Waals surface area contributed by atoms with Gasteiger partial charge in [-0.15, -0.1) is 0 Å². The van der Waals surface area contributed by atoms with Crippen molar-refractivity contribution in [2.75, 3.05) is 0 Å². The molecule has 16 heavy (non-hydrogen) atoms. The number of rotatable bonds is 3. The number of nitrogens with zero attached hydrogens (tertiary/aromatic N) is 2. The molecule has 1 aliphatic rings. The molecule has 0 aromatic rings. The summed E-state index contributed by atoms with van der Waals surface area (Å²) in [6.07, 6.45) is 2.27. The molecule has 0 saturated carbocycles. The van der Waals surface area contributed by atoms with E-state index in [1.165, 1.54) is 0 Å². The van der Waals surface area contributed by atoms with E-state index in [2.05, 4.69) is 5.32 Å². The highest BCUT2D eigenvalue weighted by Crippen LogP contribution is 2.30. The van der Waals surface area contributed by atoms with E-state index in [4.69, 9.17) is 10.5 Å². The van der Waals surface area contributed by atoms with Crippen molar-refractivity contribution < 1.29 is 9.59 Å². The molecule has 1 heterocycles. The van der Waals surface area contributed by atoms with Crippen molar-refractivity contribution in [2.45, 2.75) is 26.2 Å². The van der Waals surface area contributed by atoms with Gasteiger partial charge in [-0.2, -0.15) is 10.5 Å². The van der Waals surface area contributed by atoms with Crippen molar-refractivity contribution in [3.63, 3.8) is 0 Å². The minimum absolute atomic E-state index is 0.462. The Kier molecular flexibility index (Phi) is 4.02. The number of carbonyl (C=O) groups excluding carboxylic acids is 2. The van der Waals surface area contributed by atoms with Gasteiger partial charge in [-0.05, 0) is 6.42 Å². The normalized spacial score (nSPS) is 25.7. The maximum atomic E-state index is 11.4. The molecule has 0 radical (unpaired) electrons. The van der Waals surface area contributed by atoms with Crippen molar-refractivity contribution >= 4 is 11.8 Å². The quantitative estimate of drug-likeness (QED) is 0.708. The van der Waals surface area contributed by atoms with Crippen LogP contribution in [-0.2, 0) is 9.59 Å². The van der Waals surface area contributed by atoms with Gasteiger partial charge in [-0.25, -0.2) is 0 Å². The number of unbranched alkanes of at least 4 members (excludes halogenated alkanes) is 1. The number of imide groups is 1. The summed E-state index contributed by atoms with van der Waals surface area (Å²) in [4.78, 5) is 22.8. The van der Waals surface area contributed by atoms with Gasteiger partial charge in [0, 0.05) is 5.92 Å². The van der Waals surface area contributed by atoms with Crippen molar-refractivity contribution in [3.8, 4) is 12.1 Å². The second-order valence-electron chi connectivity index (χ2n) is 3.87. The van der Waals surface area contributed by atoms with Gasteiger partial charge in [0.05, 0.1) is 12.1 Å². The Morgan fingerprint density at radius 1 is 1.19 bits per heavy atom. The molecule has 1 rings (SSSR count). The SMILES string of the molecule is CCCCC1[C@H](C#N)C(=O)NC(=O)[C@H]1C#N. The molecule has 0 aliphatic carbocycles. The van der Waals surface area contributed by atoms with E-state index >= 15 is 0 Å². The predicted octanol–water partition coefficient (Wildman–Crippen LogP) is 0.729. The van der Waals surface area contributed by atoms with Gasteiger partial charge in [0.25, 0.3) is 0 Å². The maximum Gasteiger partial charge on any atom is 0.244 e. The molecule has 1 fully saturated rings. The molecule has 2 amide bonds. The highest BCUT2D eigenvalue weighted by atomic mass is 16.2. The van der Waals surface area contributed by atoms with Crippen LogP contribution in [0.15, 0.2) is 0 Å². The molecule has 84 valence electrons. The first-order valence-corrected chi connectivity index (χ1v) is 5.29. The first-order chi connectivity index (χ1) is 7.65. The van der Waals surface area contributed by atoms with E-state index < -0.39 is 29.6 Å². The van der Waals surface area contributed by atoms with Crippen LogP contribution in [-0.4, -0.2) is 11.8 Å². The molecule has 0 spiro atoms. The summed E-state index contributed by atoms with van der Waals surface area (Å²) in [6.45, 7) is 1.98. The average molecular weight is 219 g/mol. The van der Waals surface area contributed by atoms with Crippen LogP contribution in [0.1, 0.15) is 26.2 Å². The van der Waals surface area contributed by atoms with Gasteiger partial charge in [-0.1, -0.05) is 19.8 Å². The maximum absolute atomic E-state index is 11.4. The van der Waals surface area contributed by atoms with E-state index in [0.29, 0.717) is 6.42 Å². The molecule has 1 saturated heterocycles. The molecule has 5 heteroatoms. The minimum Gasteiger partial charge on any atom is -0.294 e. The number of hydrogen-bond acceptors (Lipinski definition) is 4. The predicted molar refractivity (Wildman–Crippen MR) is 54.4 cm³/mol. The Morgan fingerprint density at radius 2 is 1.69 bits per heavy atom. The molecule has 2 atom stereocenters. The summed E-state index contributed by atoms with van der Waals surface area (Å²) in [5.74, 6) is -3.36. The van der Waals surface area contributed by atoms with Crippen molar-refractivity contribution in [1.29, 1.82) is 10.5 Å². The first-order valence-electron chi connectivity index (χ1n) is 5.29. The van der Waals surface area contributed by atoms with Crippen LogP contribution in [0, 0.1) is 40.4 Å². The van der Waals surface area contributed by atoms with Crippen LogP contribution in [0.2, 0.25) is 0 Å². The summed E-state index contributed by atoms with van der Waals surface area (Å²) in [5, 5.41) is 19.9. The lowest BCUT2D eigenvalue weighted by Gasteiger charge is -2.29. The lowest BCUT2D eigenvalue weighted by molar-refractivity contribution is -0.140. The van der Waals surface area contributed by atoms with Crippen LogP contribution in [0.4, 0.5) is 0 Å². The molecular weight excluding hydrogens is 206 g/mol. The van der Waals surface area contributed by atoms with Crippen LogP contribution < -0.4 is 5.32 Å². The third kappa shape index (κ3) is 2.20. The Balaban J connectivity index is 2.92. The lowest BCUT2D eigenvalue weighted by Crippen LogP contribution is -2.50. The van der Waals surface area contributed by atoms with Crippen LogP contribution in [0.3, 0.4) is 0 Å². The van der Waals surface area contributed by atoms with Crippen molar-refractivity contribution in [3.05, 3.63) is 0 Å². The summed E-state index contributed by atoms with van der Waals surface area (Å²) >= 11 is 0. The number of nitriles is 2. The Labute approximate surface area is 94.0 Å². The number of piperidine rings is 1. The van der Waals surface area contributed by atoms with E-state index in [-0.39, 0.29) is 0 Å². The molecule has 5 nitrogen and oxygen atoms in total. The monoisotopic (exact) mass is 219 g/mol. The average Bonchev–Trinajstić information content (AvgIpc) is 2.26. The summed E-state index contributed by atoms with van der Waals surface area (Å²) in [7, 11) is 0. The third-order valence-electron chi connectivity index (χ3n) is 2.84. The topological polar surface area (TPSA) is 93.8 Å². The van der Waals surface area contributed by atoms with Crippen molar-refractivity contribution in [1.82, 2.24) is 5.32 Å². The smallest absolute Gasteiger partial charge is 0.244 e. The Hall–Kier alpha value is -1.88.